The summed E-state index contributed by atoms with van der Waals surface area (Å²) in [6.07, 6.45) is 2.97. The zero-order chi connectivity index (χ0) is 19.5. The second-order valence-corrected chi connectivity index (χ2v) is 7.35. The molecule has 0 saturated heterocycles. The molecule has 0 spiro atoms. The van der Waals surface area contributed by atoms with Crippen LogP contribution in [0, 0.1) is 6.92 Å². The van der Waals surface area contributed by atoms with Gasteiger partial charge in [-0.2, -0.15) is 5.10 Å². The summed E-state index contributed by atoms with van der Waals surface area (Å²) < 4.78 is 1.70. The van der Waals surface area contributed by atoms with Crippen LogP contribution < -0.4 is 0 Å². The van der Waals surface area contributed by atoms with Crippen LogP contribution in [-0.4, -0.2) is 33.7 Å². The van der Waals surface area contributed by atoms with Crippen molar-refractivity contribution >= 4 is 23.1 Å². The molecule has 2 heterocycles. The van der Waals surface area contributed by atoms with Gasteiger partial charge in [-0.3, -0.25) is 4.79 Å². The molecule has 0 N–H and O–H groups in total. The van der Waals surface area contributed by atoms with Gasteiger partial charge < -0.3 is 4.90 Å². The van der Waals surface area contributed by atoms with Crippen molar-refractivity contribution in [3.8, 4) is 0 Å². The molecular formula is C23H22ClN3O. The minimum atomic E-state index is -0.0508. The van der Waals surface area contributed by atoms with Crippen LogP contribution in [0.4, 0.5) is 0 Å². The van der Waals surface area contributed by atoms with Crippen molar-refractivity contribution in [3.05, 3.63) is 94.3 Å². The Labute approximate surface area is 170 Å². The third-order valence-corrected chi connectivity index (χ3v) is 5.48. The molecule has 2 aromatic carbocycles. The molecule has 0 unspecified atom stereocenters. The fourth-order valence-electron chi connectivity index (χ4n) is 3.58. The summed E-state index contributed by atoms with van der Waals surface area (Å²) in [5, 5.41) is 4.91. The summed E-state index contributed by atoms with van der Waals surface area (Å²) in [7, 11) is 0. The first-order valence-electron chi connectivity index (χ1n) is 9.44. The van der Waals surface area contributed by atoms with E-state index in [4.69, 9.17) is 11.6 Å². The van der Waals surface area contributed by atoms with Crippen molar-refractivity contribution in [1.82, 2.24) is 14.7 Å². The molecule has 28 heavy (non-hydrogen) atoms. The molecule has 0 atom stereocenters. The zero-order valence-electron chi connectivity index (χ0n) is 15.8. The van der Waals surface area contributed by atoms with Gasteiger partial charge in [-0.15, -0.1) is 0 Å². The summed E-state index contributed by atoms with van der Waals surface area (Å²) in [6, 6.07) is 20.3. The van der Waals surface area contributed by atoms with Gasteiger partial charge in [0.05, 0.1) is 17.8 Å². The van der Waals surface area contributed by atoms with Crippen LogP contribution in [0.2, 0.25) is 5.15 Å². The SMILES string of the molecule is Cc1nn(Cc2ccccc2)c(Cl)c1C(=O)N1CC=C(c2ccccc2)CC1. The Kier molecular flexibility index (Phi) is 5.31. The molecule has 1 aromatic heterocycles. The quantitative estimate of drug-likeness (QED) is 0.639. The van der Waals surface area contributed by atoms with E-state index < -0.39 is 0 Å². The number of amides is 1. The van der Waals surface area contributed by atoms with Crippen molar-refractivity contribution in [3.63, 3.8) is 0 Å². The number of rotatable bonds is 4. The Morgan fingerprint density at radius 2 is 1.75 bits per heavy atom. The van der Waals surface area contributed by atoms with Crippen molar-refractivity contribution in [2.75, 3.05) is 13.1 Å². The Balaban J connectivity index is 1.52. The molecule has 5 heteroatoms. The summed E-state index contributed by atoms with van der Waals surface area (Å²) in [6.45, 7) is 3.66. The lowest BCUT2D eigenvalue weighted by atomic mass is 9.99. The van der Waals surface area contributed by atoms with Gasteiger partial charge in [-0.1, -0.05) is 78.3 Å². The molecule has 0 aliphatic carbocycles. The molecule has 142 valence electrons. The van der Waals surface area contributed by atoms with E-state index in [1.54, 1.807) is 4.68 Å². The number of benzene rings is 2. The highest BCUT2D eigenvalue weighted by Gasteiger charge is 2.26. The molecule has 0 fully saturated rings. The van der Waals surface area contributed by atoms with Gasteiger partial charge in [0, 0.05) is 13.1 Å². The fourth-order valence-corrected chi connectivity index (χ4v) is 3.90. The predicted octanol–water partition coefficient (Wildman–Crippen LogP) is 4.82. The van der Waals surface area contributed by atoms with Crippen molar-refractivity contribution < 1.29 is 4.79 Å². The van der Waals surface area contributed by atoms with Gasteiger partial charge in [-0.05, 0) is 30.0 Å². The maximum Gasteiger partial charge on any atom is 0.259 e. The van der Waals surface area contributed by atoms with Crippen LogP contribution in [0.3, 0.4) is 0 Å². The first-order chi connectivity index (χ1) is 13.6. The van der Waals surface area contributed by atoms with Gasteiger partial charge in [0.1, 0.15) is 5.15 Å². The number of aromatic nitrogens is 2. The molecule has 0 saturated carbocycles. The number of carbonyl (C=O) groups excluding carboxylic acids is 1. The Morgan fingerprint density at radius 3 is 2.39 bits per heavy atom. The van der Waals surface area contributed by atoms with Crippen molar-refractivity contribution in [2.24, 2.45) is 0 Å². The minimum absolute atomic E-state index is 0.0508. The third-order valence-electron chi connectivity index (χ3n) is 5.10. The fraction of sp³-hybridized carbons (Fsp3) is 0.217. The average Bonchev–Trinajstić information content (AvgIpc) is 3.02. The highest BCUT2D eigenvalue weighted by molar-refractivity contribution is 6.33. The number of hydrogen-bond acceptors (Lipinski definition) is 2. The van der Waals surface area contributed by atoms with Crippen LogP contribution in [-0.2, 0) is 6.54 Å². The topological polar surface area (TPSA) is 38.1 Å². The number of aryl methyl sites for hydroxylation is 1. The Bertz CT molecular complexity index is 1010. The van der Waals surface area contributed by atoms with Gasteiger partial charge in [-0.25, -0.2) is 4.68 Å². The van der Waals surface area contributed by atoms with E-state index in [-0.39, 0.29) is 5.91 Å². The van der Waals surface area contributed by atoms with Crippen LogP contribution in [0.15, 0.2) is 66.7 Å². The lowest BCUT2D eigenvalue weighted by Crippen LogP contribution is -2.35. The van der Waals surface area contributed by atoms with Gasteiger partial charge in [0.15, 0.2) is 0 Å². The molecule has 4 rings (SSSR count). The smallest absolute Gasteiger partial charge is 0.259 e. The summed E-state index contributed by atoms with van der Waals surface area (Å²) >= 11 is 6.56. The van der Waals surface area contributed by atoms with Crippen molar-refractivity contribution in [2.45, 2.75) is 19.9 Å². The molecule has 4 nitrogen and oxygen atoms in total. The second kappa shape index (κ2) is 8.03. The van der Waals surface area contributed by atoms with Gasteiger partial charge in [0.2, 0.25) is 0 Å². The molecule has 1 aliphatic heterocycles. The highest BCUT2D eigenvalue weighted by Crippen LogP contribution is 2.26. The first-order valence-corrected chi connectivity index (χ1v) is 9.82. The van der Waals surface area contributed by atoms with Crippen LogP contribution in [0.1, 0.15) is 33.6 Å². The van der Waals surface area contributed by atoms with E-state index >= 15 is 0 Å². The van der Waals surface area contributed by atoms with E-state index in [9.17, 15) is 4.79 Å². The summed E-state index contributed by atoms with van der Waals surface area (Å²) in [4.78, 5) is 15.0. The normalized spacial score (nSPS) is 14.1. The summed E-state index contributed by atoms with van der Waals surface area (Å²) in [5.74, 6) is -0.0508. The monoisotopic (exact) mass is 391 g/mol. The van der Waals surface area contributed by atoms with Gasteiger partial charge in [0.25, 0.3) is 5.91 Å². The number of hydrogen-bond donors (Lipinski definition) is 0. The van der Waals surface area contributed by atoms with E-state index in [2.05, 4.69) is 23.3 Å². The number of nitrogens with zero attached hydrogens (tertiary/aromatic N) is 3. The third kappa shape index (κ3) is 3.73. The van der Waals surface area contributed by atoms with Crippen LogP contribution >= 0.6 is 11.6 Å². The predicted molar refractivity (Wildman–Crippen MR) is 112 cm³/mol. The Morgan fingerprint density at radius 1 is 1.07 bits per heavy atom. The van der Waals surface area contributed by atoms with E-state index in [0.29, 0.717) is 36.0 Å². The standard InChI is InChI=1S/C23H22ClN3O/c1-17-21(22(24)27(25-17)16-18-8-4-2-5-9-18)23(28)26-14-12-20(13-15-26)19-10-6-3-7-11-19/h2-12H,13-16H2,1H3. The zero-order valence-corrected chi connectivity index (χ0v) is 16.6. The van der Waals surface area contributed by atoms with E-state index in [1.165, 1.54) is 11.1 Å². The molecule has 0 radical (unpaired) electrons. The van der Waals surface area contributed by atoms with Crippen LogP contribution in [0.25, 0.3) is 5.57 Å². The number of halogens is 1. The molecule has 0 bridgehead atoms. The van der Waals surface area contributed by atoms with E-state index in [0.717, 1.165) is 12.0 Å². The van der Waals surface area contributed by atoms with Gasteiger partial charge >= 0.3 is 0 Å². The molecule has 1 aliphatic rings. The Hall–Kier alpha value is -2.85. The van der Waals surface area contributed by atoms with Crippen molar-refractivity contribution in [1.29, 1.82) is 0 Å². The number of carbonyl (C=O) groups is 1. The summed E-state index contributed by atoms with van der Waals surface area (Å²) in [5.41, 5.74) is 4.78. The largest absolute Gasteiger partial charge is 0.334 e. The second-order valence-electron chi connectivity index (χ2n) is 6.99. The van der Waals surface area contributed by atoms with E-state index in [1.807, 2.05) is 60.4 Å². The lowest BCUT2D eigenvalue weighted by Gasteiger charge is -2.26. The molecule has 3 aromatic rings. The minimum Gasteiger partial charge on any atom is -0.334 e. The maximum atomic E-state index is 13.1. The highest BCUT2D eigenvalue weighted by atomic mass is 35.5. The molecular weight excluding hydrogens is 370 g/mol. The molecule has 1 amide bonds. The lowest BCUT2D eigenvalue weighted by molar-refractivity contribution is 0.0772. The first kappa shape index (κ1) is 18.5. The van der Waals surface area contributed by atoms with Crippen LogP contribution in [0.5, 0.6) is 0 Å². The maximum absolute atomic E-state index is 13.1. The average molecular weight is 392 g/mol.